The molecule has 0 saturated heterocycles. The molecule has 0 aliphatic rings. The van der Waals surface area contributed by atoms with E-state index in [-0.39, 0.29) is 5.91 Å². The molecule has 1 rings (SSSR count). The first-order valence-corrected chi connectivity index (χ1v) is 6.52. The van der Waals surface area contributed by atoms with Gasteiger partial charge in [0.2, 0.25) is 0 Å². The lowest BCUT2D eigenvalue weighted by Crippen LogP contribution is -2.34. The minimum absolute atomic E-state index is 0.312. The molecule has 0 atom stereocenters. The average molecular weight is 268 g/mol. The van der Waals surface area contributed by atoms with Crippen LogP contribution in [0.4, 0.5) is 0 Å². The van der Waals surface area contributed by atoms with Gasteiger partial charge in [0.25, 0.3) is 5.91 Å². The predicted octanol–water partition coefficient (Wildman–Crippen LogP) is 0.657. The Morgan fingerprint density at radius 3 is 2.68 bits per heavy atom. The molecule has 0 unspecified atom stereocenters. The molecule has 19 heavy (non-hydrogen) atoms. The van der Waals surface area contributed by atoms with Crippen LogP contribution in [-0.2, 0) is 6.54 Å². The van der Waals surface area contributed by atoms with E-state index in [1.165, 1.54) is 6.26 Å². The van der Waals surface area contributed by atoms with Crippen LogP contribution in [0.15, 0.2) is 16.7 Å². The molecule has 0 saturated carbocycles. The molecule has 0 spiro atoms. The Morgan fingerprint density at radius 1 is 1.37 bits per heavy atom. The first-order chi connectivity index (χ1) is 9.08. The van der Waals surface area contributed by atoms with Crippen molar-refractivity contribution in [2.24, 2.45) is 5.84 Å². The molecule has 108 valence electrons. The standard InChI is InChI=1S/C13H24N4O2/c1-4-6-17(8-7-16(2)3)10-12-11(5-9-19-12)13(18)15-14/h5,9H,4,6-8,10,14H2,1-3H3,(H,15,18). The Hall–Kier alpha value is -1.37. The van der Waals surface area contributed by atoms with Gasteiger partial charge in [-0.1, -0.05) is 6.92 Å². The summed E-state index contributed by atoms with van der Waals surface area (Å²) >= 11 is 0. The number of hydrogen-bond acceptors (Lipinski definition) is 5. The zero-order valence-corrected chi connectivity index (χ0v) is 12.0. The summed E-state index contributed by atoms with van der Waals surface area (Å²) in [5.41, 5.74) is 2.65. The SMILES string of the molecule is CCCN(CCN(C)C)Cc1occc1C(=O)NN. The maximum absolute atomic E-state index is 11.6. The maximum Gasteiger partial charge on any atom is 0.268 e. The quantitative estimate of drug-likeness (QED) is 0.411. The van der Waals surface area contributed by atoms with E-state index in [1.54, 1.807) is 6.07 Å². The van der Waals surface area contributed by atoms with Crippen LogP contribution in [0.5, 0.6) is 0 Å². The summed E-state index contributed by atoms with van der Waals surface area (Å²) in [6.45, 7) is 5.64. The van der Waals surface area contributed by atoms with Crippen LogP contribution in [0.2, 0.25) is 0 Å². The van der Waals surface area contributed by atoms with Crippen LogP contribution in [0.3, 0.4) is 0 Å². The minimum Gasteiger partial charge on any atom is -0.467 e. The number of likely N-dealkylation sites (N-methyl/N-ethyl adjacent to an activating group) is 1. The van der Waals surface area contributed by atoms with Crippen LogP contribution in [0.1, 0.15) is 29.5 Å². The minimum atomic E-state index is -0.312. The third kappa shape index (κ3) is 5.02. The number of hydrogen-bond donors (Lipinski definition) is 2. The van der Waals surface area contributed by atoms with Gasteiger partial charge in [0.05, 0.1) is 18.4 Å². The zero-order chi connectivity index (χ0) is 14.3. The predicted molar refractivity (Wildman–Crippen MR) is 74.5 cm³/mol. The summed E-state index contributed by atoms with van der Waals surface area (Å²) in [7, 11) is 4.09. The molecule has 1 amide bonds. The van der Waals surface area contributed by atoms with E-state index < -0.39 is 0 Å². The first kappa shape index (κ1) is 15.7. The van der Waals surface area contributed by atoms with Crippen molar-refractivity contribution >= 4 is 5.91 Å². The van der Waals surface area contributed by atoms with Crippen molar-refractivity contribution in [1.29, 1.82) is 0 Å². The second kappa shape index (κ2) is 7.93. The normalized spacial score (nSPS) is 11.3. The van der Waals surface area contributed by atoms with Crippen molar-refractivity contribution in [1.82, 2.24) is 15.2 Å². The molecule has 0 fully saturated rings. The highest BCUT2D eigenvalue weighted by atomic mass is 16.3. The van der Waals surface area contributed by atoms with Crippen LogP contribution < -0.4 is 11.3 Å². The van der Waals surface area contributed by atoms with Gasteiger partial charge in [0, 0.05) is 13.1 Å². The maximum atomic E-state index is 11.6. The lowest BCUT2D eigenvalue weighted by atomic mass is 10.2. The fourth-order valence-corrected chi connectivity index (χ4v) is 1.87. The number of amides is 1. The van der Waals surface area contributed by atoms with Crippen molar-refractivity contribution < 1.29 is 9.21 Å². The Kier molecular flexibility index (Phi) is 6.55. The van der Waals surface area contributed by atoms with E-state index in [0.717, 1.165) is 26.1 Å². The molecule has 6 heteroatoms. The van der Waals surface area contributed by atoms with Gasteiger partial charge in [0.1, 0.15) is 5.76 Å². The van der Waals surface area contributed by atoms with E-state index in [9.17, 15) is 4.79 Å². The van der Waals surface area contributed by atoms with Crippen molar-refractivity contribution in [3.8, 4) is 0 Å². The fourth-order valence-electron chi connectivity index (χ4n) is 1.87. The molecular formula is C13H24N4O2. The Balaban J connectivity index is 2.67. The largest absolute Gasteiger partial charge is 0.467 e. The second-order valence-electron chi connectivity index (χ2n) is 4.81. The number of nitrogens with one attached hydrogen (secondary N) is 1. The highest BCUT2D eigenvalue weighted by Gasteiger charge is 2.16. The Labute approximate surface area is 114 Å². The number of hydrazine groups is 1. The number of carbonyl (C=O) groups excluding carboxylic acids is 1. The van der Waals surface area contributed by atoms with Gasteiger partial charge in [-0.3, -0.25) is 15.1 Å². The van der Waals surface area contributed by atoms with Crippen molar-refractivity contribution in [3.63, 3.8) is 0 Å². The smallest absolute Gasteiger partial charge is 0.268 e. The van der Waals surface area contributed by atoms with Gasteiger partial charge < -0.3 is 9.32 Å². The van der Waals surface area contributed by atoms with Crippen LogP contribution >= 0.6 is 0 Å². The lowest BCUT2D eigenvalue weighted by Gasteiger charge is -2.22. The molecular weight excluding hydrogens is 244 g/mol. The topological polar surface area (TPSA) is 74.7 Å². The molecule has 0 aliphatic carbocycles. The van der Waals surface area contributed by atoms with Crippen LogP contribution in [0, 0.1) is 0 Å². The molecule has 6 nitrogen and oxygen atoms in total. The van der Waals surface area contributed by atoms with Gasteiger partial charge in [-0.05, 0) is 33.1 Å². The van der Waals surface area contributed by atoms with E-state index in [0.29, 0.717) is 17.9 Å². The molecule has 0 aromatic carbocycles. The van der Waals surface area contributed by atoms with Crippen molar-refractivity contribution in [2.45, 2.75) is 19.9 Å². The van der Waals surface area contributed by atoms with E-state index in [2.05, 4.69) is 22.1 Å². The summed E-state index contributed by atoms with van der Waals surface area (Å²) in [4.78, 5) is 16.0. The zero-order valence-electron chi connectivity index (χ0n) is 12.0. The van der Waals surface area contributed by atoms with E-state index >= 15 is 0 Å². The summed E-state index contributed by atoms with van der Waals surface area (Å²) in [5, 5.41) is 0. The molecule has 0 radical (unpaired) electrons. The highest BCUT2D eigenvalue weighted by Crippen LogP contribution is 2.13. The van der Waals surface area contributed by atoms with Gasteiger partial charge >= 0.3 is 0 Å². The summed E-state index contributed by atoms with van der Waals surface area (Å²) in [5.74, 6) is 5.51. The van der Waals surface area contributed by atoms with Gasteiger partial charge in [-0.25, -0.2) is 5.84 Å². The fraction of sp³-hybridized carbons (Fsp3) is 0.615. The third-order valence-electron chi connectivity index (χ3n) is 2.89. The number of nitrogen functional groups attached to an aromatic ring is 1. The van der Waals surface area contributed by atoms with Gasteiger partial charge in [0.15, 0.2) is 0 Å². The van der Waals surface area contributed by atoms with E-state index in [1.807, 2.05) is 14.1 Å². The summed E-state index contributed by atoms with van der Waals surface area (Å²) in [6, 6.07) is 1.65. The molecule has 3 N–H and O–H groups in total. The van der Waals surface area contributed by atoms with Crippen LogP contribution in [0.25, 0.3) is 0 Å². The monoisotopic (exact) mass is 268 g/mol. The molecule has 0 aliphatic heterocycles. The Morgan fingerprint density at radius 2 is 2.11 bits per heavy atom. The summed E-state index contributed by atoms with van der Waals surface area (Å²) in [6.07, 6.45) is 2.59. The molecule has 1 aromatic rings. The third-order valence-corrected chi connectivity index (χ3v) is 2.89. The number of nitrogens with zero attached hydrogens (tertiary/aromatic N) is 2. The number of nitrogens with two attached hydrogens (primary N) is 1. The van der Waals surface area contributed by atoms with E-state index in [4.69, 9.17) is 10.3 Å². The second-order valence-corrected chi connectivity index (χ2v) is 4.81. The number of rotatable bonds is 8. The molecule has 0 bridgehead atoms. The number of furan rings is 1. The summed E-state index contributed by atoms with van der Waals surface area (Å²) < 4.78 is 5.40. The number of carbonyl (C=O) groups is 1. The lowest BCUT2D eigenvalue weighted by molar-refractivity contribution is 0.0949. The van der Waals surface area contributed by atoms with Crippen molar-refractivity contribution in [2.75, 3.05) is 33.7 Å². The van der Waals surface area contributed by atoms with Crippen LogP contribution in [-0.4, -0.2) is 49.4 Å². The van der Waals surface area contributed by atoms with Gasteiger partial charge in [-0.2, -0.15) is 0 Å². The highest BCUT2D eigenvalue weighted by molar-refractivity contribution is 5.94. The molecule has 1 heterocycles. The average Bonchev–Trinajstić information content (AvgIpc) is 2.83. The first-order valence-electron chi connectivity index (χ1n) is 6.52. The Bertz CT molecular complexity index is 390. The molecule has 1 aromatic heterocycles. The van der Waals surface area contributed by atoms with Crippen molar-refractivity contribution in [3.05, 3.63) is 23.7 Å². The van der Waals surface area contributed by atoms with Gasteiger partial charge in [-0.15, -0.1) is 0 Å².